The lowest BCUT2D eigenvalue weighted by Gasteiger charge is -2.03. The van der Waals surface area contributed by atoms with Crippen LogP contribution in [-0.4, -0.2) is 23.8 Å². The number of carbonyl (C=O) groups is 1. The molecule has 0 bridgehead atoms. The molecule has 0 aromatic carbocycles. The van der Waals surface area contributed by atoms with Gasteiger partial charge in [-0.1, -0.05) is 0 Å². The molecule has 54 valence electrons. The fourth-order valence-corrected chi connectivity index (χ4v) is 0.404. The molecule has 0 fully saturated rings. The number of ether oxygens (including phenoxy) is 1. The number of hydrogen-bond acceptors (Lipinski definition) is 2. The van der Waals surface area contributed by atoms with Gasteiger partial charge in [0.1, 0.15) is 6.61 Å². The lowest BCUT2D eigenvalue weighted by molar-refractivity contribution is -0.140. The van der Waals surface area contributed by atoms with Crippen LogP contribution in [0.15, 0.2) is 0 Å². The number of halogens is 2. The van der Waals surface area contributed by atoms with Crippen molar-refractivity contribution < 1.29 is 9.53 Å². The Kier molecular flexibility index (Phi) is 4.91. The van der Waals surface area contributed by atoms with E-state index in [0.717, 1.165) is 0 Å². The third kappa shape index (κ3) is 5.93. The van der Waals surface area contributed by atoms with E-state index in [0.29, 0.717) is 5.88 Å². The van der Waals surface area contributed by atoms with Crippen molar-refractivity contribution in [3.63, 3.8) is 0 Å². The lowest BCUT2D eigenvalue weighted by Crippen LogP contribution is -2.12. The van der Waals surface area contributed by atoms with Gasteiger partial charge in [0.15, 0.2) is 0 Å². The van der Waals surface area contributed by atoms with Gasteiger partial charge in [0.05, 0.1) is 5.38 Å². The van der Waals surface area contributed by atoms with Gasteiger partial charge in [0.25, 0.3) is 0 Å². The first kappa shape index (κ1) is 9.05. The summed E-state index contributed by atoms with van der Waals surface area (Å²) < 4.78 is 4.54. The van der Waals surface area contributed by atoms with Crippen LogP contribution in [0.5, 0.6) is 0 Å². The number of alkyl halides is 2. The van der Waals surface area contributed by atoms with Crippen molar-refractivity contribution >= 4 is 29.2 Å². The van der Waals surface area contributed by atoms with Crippen molar-refractivity contribution in [2.45, 2.75) is 12.3 Å². The molecule has 0 amide bonds. The minimum Gasteiger partial charge on any atom is -0.464 e. The fourth-order valence-electron chi connectivity index (χ4n) is 0.252. The second-order valence-electron chi connectivity index (χ2n) is 1.55. The Morgan fingerprint density at radius 1 is 1.78 bits per heavy atom. The van der Waals surface area contributed by atoms with Gasteiger partial charge >= 0.3 is 5.97 Å². The van der Waals surface area contributed by atoms with Crippen molar-refractivity contribution in [2.24, 2.45) is 0 Å². The molecule has 0 radical (unpaired) electrons. The third-order valence-electron chi connectivity index (χ3n) is 0.635. The molecule has 0 spiro atoms. The van der Waals surface area contributed by atoms with Crippen LogP contribution in [0.3, 0.4) is 0 Å². The summed E-state index contributed by atoms with van der Waals surface area (Å²) in [5.74, 6) is -0.0276. The van der Waals surface area contributed by atoms with Gasteiger partial charge in [-0.3, -0.25) is 4.79 Å². The molecule has 0 aliphatic heterocycles. The van der Waals surface area contributed by atoms with Gasteiger partial charge in [0.2, 0.25) is 0 Å². The van der Waals surface area contributed by atoms with E-state index in [2.05, 4.69) is 4.74 Å². The minimum absolute atomic E-state index is 0.195. The number of carbonyl (C=O) groups excluding carboxylic acids is 1. The number of esters is 1. The molecule has 0 saturated heterocycles. The lowest BCUT2D eigenvalue weighted by atomic mass is 10.5. The van der Waals surface area contributed by atoms with Crippen LogP contribution in [0.2, 0.25) is 0 Å². The Balaban J connectivity index is 3.16. The molecule has 0 aliphatic rings. The van der Waals surface area contributed by atoms with Crippen LogP contribution in [0, 0.1) is 0 Å². The summed E-state index contributed by atoms with van der Waals surface area (Å²) in [6.07, 6.45) is 0. The second kappa shape index (κ2) is 4.89. The Labute approximate surface area is 64.1 Å². The Bertz CT molecular complexity index is 95.0. The highest BCUT2D eigenvalue weighted by molar-refractivity contribution is 6.28. The van der Waals surface area contributed by atoms with Crippen LogP contribution < -0.4 is 0 Å². The average Bonchev–Trinajstić information content (AvgIpc) is 1.83. The van der Waals surface area contributed by atoms with Gasteiger partial charge in [-0.15, -0.1) is 23.2 Å². The van der Waals surface area contributed by atoms with E-state index < -0.39 is 0 Å². The first-order valence-corrected chi connectivity index (χ1v) is 3.47. The molecule has 0 unspecified atom stereocenters. The van der Waals surface area contributed by atoms with Crippen LogP contribution in [0.4, 0.5) is 0 Å². The highest BCUT2D eigenvalue weighted by Crippen LogP contribution is 1.98. The zero-order chi connectivity index (χ0) is 7.28. The molecular formula is C5H8Cl2O2. The molecule has 1 atom stereocenters. The zero-order valence-corrected chi connectivity index (χ0v) is 6.58. The first-order valence-electron chi connectivity index (χ1n) is 2.50. The smallest absolute Gasteiger partial charge is 0.302 e. The fraction of sp³-hybridized carbons (Fsp3) is 0.800. The van der Waals surface area contributed by atoms with Gasteiger partial charge < -0.3 is 4.74 Å². The van der Waals surface area contributed by atoms with E-state index in [9.17, 15) is 4.79 Å². The largest absolute Gasteiger partial charge is 0.464 e. The predicted molar refractivity (Wildman–Crippen MR) is 37.0 cm³/mol. The normalized spacial score (nSPS) is 12.8. The summed E-state index contributed by atoms with van der Waals surface area (Å²) >= 11 is 10.8. The molecule has 0 aromatic heterocycles. The summed E-state index contributed by atoms with van der Waals surface area (Å²) in [6, 6.07) is 0. The van der Waals surface area contributed by atoms with Crippen LogP contribution >= 0.6 is 23.2 Å². The van der Waals surface area contributed by atoms with Crippen molar-refractivity contribution in [1.29, 1.82) is 0 Å². The van der Waals surface area contributed by atoms with E-state index in [1.54, 1.807) is 0 Å². The van der Waals surface area contributed by atoms with E-state index in [-0.39, 0.29) is 18.0 Å². The van der Waals surface area contributed by atoms with E-state index in [4.69, 9.17) is 23.2 Å². The maximum absolute atomic E-state index is 10.1. The number of hydrogen-bond donors (Lipinski definition) is 0. The highest BCUT2D eigenvalue weighted by Gasteiger charge is 2.02. The maximum atomic E-state index is 10.1. The molecular weight excluding hydrogens is 163 g/mol. The summed E-state index contributed by atoms with van der Waals surface area (Å²) in [5.41, 5.74) is 0. The topological polar surface area (TPSA) is 26.3 Å². The zero-order valence-electron chi connectivity index (χ0n) is 5.06. The van der Waals surface area contributed by atoms with Gasteiger partial charge in [-0.2, -0.15) is 0 Å². The van der Waals surface area contributed by atoms with Crippen molar-refractivity contribution in [2.75, 3.05) is 12.5 Å². The Morgan fingerprint density at radius 2 is 2.33 bits per heavy atom. The molecule has 0 N–H and O–H groups in total. The molecule has 9 heavy (non-hydrogen) atoms. The number of rotatable bonds is 3. The standard InChI is InChI=1S/C5H8Cl2O2/c1-4(8)9-3-5(7)2-6/h5H,2-3H2,1H3/t5-/m0/s1. The second-order valence-corrected chi connectivity index (χ2v) is 2.48. The van der Waals surface area contributed by atoms with Crippen molar-refractivity contribution in [3.8, 4) is 0 Å². The van der Waals surface area contributed by atoms with Crippen molar-refractivity contribution in [3.05, 3.63) is 0 Å². The summed E-state index contributed by atoms with van der Waals surface area (Å²) in [7, 11) is 0. The predicted octanol–water partition coefficient (Wildman–Crippen LogP) is 1.40. The first-order chi connectivity index (χ1) is 4.16. The summed E-state index contributed by atoms with van der Waals surface area (Å²) in [6.45, 7) is 1.53. The molecule has 0 aliphatic carbocycles. The molecule has 0 aromatic rings. The monoisotopic (exact) mass is 170 g/mol. The van der Waals surface area contributed by atoms with Crippen LogP contribution in [0.1, 0.15) is 6.92 Å². The van der Waals surface area contributed by atoms with Gasteiger partial charge in [-0.05, 0) is 0 Å². The maximum Gasteiger partial charge on any atom is 0.302 e. The Hall–Kier alpha value is 0.0500. The molecule has 0 heterocycles. The summed E-state index contributed by atoms with van der Waals surface area (Å²) in [4.78, 5) is 10.1. The quantitative estimate of drug-likeness (QED) is 0.473. The SMILES string of the molecule is CC(=O)OC[C@@H](Cl)CCl. The minimum atomic E-state index is -0.328. The molecule has 4 heteroatoms. The van der Waals surface area contributed by atoms with Gasteiger partial charge in [0, 0.05) is 12.8 Å². The van der Waals surface area contributed by atoms with E-state index in [1.165, 1.54) is 6.92 Å². The average molecular weight is 171 g/mol. The van der Waals surface area contributed by atoms with E-state index >= 15 is 0 Å². The van der Waals surface area contributed by atoms with E-state index in [1.807, 2.05) is 0 Å². The highest BCUT2D eigenvalue weighted by atomic mass is 35.5. The third-order valence-corrected chi connectivity index (χ3v) is 1.45. The van der Waals surface area contributed by atoms with Crippen LogP contribution in [0.25, 0.3) is 0 Å². The molecule has 0 rings (SSSR count). The van der Waals surface area contributed by atoms with Crippen molar-refractivity contribution in [1.82, 2.24) is 0 Å². The van der Waals surface area contributed by atoms with Gasteiger partial charge in [-0.25, -0.2) is 0 Å². The molecule has 2 nitrogen and oxygen atoms in total. The molecule has 0 saturated carbocycles. The Morgan fingerprint density at radius 3 is 2.67 bits per heavy atom. The van der Waals surface area contributed by atoms with Crippen LogP contribution in [-0.2, 0) is 9.53 Å². The summed E-state index contributed by atoms with van der Waals surface area (Å²) in [5, 5.41) is -0.268.